The van der Waals surface area contributed by atoms with Crippen LogP contribution in [0.25, 0.3) is 5.76 Å². The van der Waals surface area contributed by atoms with E-state index in [9.17, 15) is 19.5 Å². The average Bonchev–Trinajstić information content (AvgIpc) is 3.17. The Bertz CT molecular complexity index is 1450. The number of hydrogen-bond acceptors (Lipinski definition) is 5. The highest BCUT2D eigenvalue weighted by atomic mass is 16.5. The van der Waals surface area contributed by atoms with E-state index in [1.807, 2.05) is 52.0 Å². The van der Waals surface area contributed by atoms with Gasteiger partial charge >= 0.3 is 0 Å². The zero-order chi connectivity index (χ0) is 28.5. The molecule has 1 aliphatic rings. The van der Waals surface area contributed by atoms with Gasteiger partial charge in [-0.2, -0.15) is 0 Å². The van der Waals surface area contributed by atoms with Crippen molar-refractivity contribution in [3.8, 4) is 5.75 Å². The Kier molecular flexibility index (Phi) is 7.63. The Labute approximate surface area is 229 Å². The molecule has 1 atom stereocenters. The molecule has 2 amide bonds. The van der Waals surface area contributed by atoms with E-state index in [4.69, 9.17) is 4.74 Å². The molecule has 39 heavy (non-hydrogen) atoms. The first-order valence-corrected chi connectivity index (χ1v) is 12.9. The van der Waals surface area contributed by atoms with Gasteiger partial charge in [-0.3, -0.25) is 19.3 Å². The number of aliphatic hydroxyl groups is 1. The van der Waals surface area contributed by atoms with Crippen molar-refractivity contribution in [3.63, 3.8) is 0 Å². The Morgan fingerprint density at radius 1 is 1.00 bits per heavy atom. The van der Waals surface area contributed by atoms with Crippen LogP contribution in [0.4, 0.5) is 11.4 Å². The maximum absolute atomic E-state index is 13.5. The molecular weight excluding hydrogens is 492 g/mol. The first kappa shape index (κ1) is 27.6. The van der Waals surface area contributed by atoms with Gasteiger partial charge in [0.2, 0.25) is 5.91 Å². The molecule has 1 heterocycles. The van der Waals surface area contributed by atoms with Crippen LogP contribution in [0.3, 0.4) is 0 Å². The standard InChI is InChI=1S/C32H34N2O5/c1-7-20-8-10-21(11-9-20)28-27(29(36)22-12-17-26(39-6)25(18-22)32(3,4)5)30(37)31(38)34(28)24-15-13-23(14-16-24)33-19(2)35/h8-18,28,36H,7H2,1-6H3,(H,33,35)/b29-27-. The molecule has 7 heteroatoms. The number of carbonyl (C=O) groups excluding carboxylic acids is 3. The van der Waals surface area contributed by atoms with E-state index in [1.165, 1.54) is 11.8 Å². The molecule has 0 saturated carbocycles. The van der Waals surface area contributed by atoms with Gasteiger partial charge in [-0.25, -0.2) is 0 Å². The third-order valence-corrected chi connectivity index (χ3v) is 6.89. The third-order valence-electron chi connectivity index (χ3n) is 6.89. The van der Waals surface area contributed by atoms with Gasteiger partial charge in [0.1, 0.15) is 11.5 Å². The van der Waals surface area contributed by atoms with E-state index in [2.05, 4.69) is 5.32 Å². The zero-order valence-corrected chi connectivity index (χ0v) is 23.2. The summed E-state index contributed by atoms with van der Waals surface area (Å²) in [7, 11) is 1.59. The summed E-state index contributed by atoms with van der Waals surface area (Å²) < 4.78 is 5.54. The van der Waals surface area contributed by atoms with Crippen LogP contribution < -0.4 is 15.0 Å². The fourth-order valence-electron chi connectivity index (χ4n) is 4.86. The lowest BCUT2D eigenvalue weighted by atomic mass is 9.84. The van der Waals surface area contributed by atoms with Crippen LogP contribution in [-0.4, -0.2) is 29.8 Å². The van der Waals surface area contributed by atoms with Crippen molar-refractivity contribution >= 4 is 34.7 Å². The second-order valence-corrected chi connectivity index (χ2v) is 10.7. The van der Waals surface area contributed by atoms with Gasteiger partial charge in [0.15, 0.2) is 0 Å². The number of Topliss-reactive ketones (excluding diaryl/α,β-unsaturated/α-hetero) is 1. The fraction of sp³-hybridized carbons (Fsp3) is 0.281. The second kappa shape index (κ2) is 10.8. The number of ether oxygens (including phenoxy) is 1. The predicted molar refractivity (Wildman–Crippen MR) is 153 cm³/mol. The lowest BCUT2D eigenvalue weighted by molar-refractivity contribution is -0.132. The lowest BCUT2D eigenvalue weighted by Gasteiger charge is -2.26. The number of carbonyl (C=O) groups is 3. The molecule has 1 fully saturated rings. The molecule has 1 unspecified atom stereocenters. The number of ketones is 1. The van der Waals surface area contributed by atoms with E-state index in [0.29, 0.717) is 28.3 Å². The summed E-state index contributed by atoms with van der Waals surface area (Å²) in [4.78, 5) is 39.9. The minimum atomic E-state index is -0.845. The minimum Gasteiger partial charge on any atom is -0.507 e. The van der Waals surface area contributed by atoms with Crippen molar-refractivity contribution in [3.05, 3.63) is 94.6 Å². The van der Waals surface area contributed by atoms with Crippen LogP contribution in [-0.2, 0) is 26.2 Å². The van der Waals surface area contributed by atoms with E-state index in [0.717, 1.165) is 17.5 Å². The number of benzene rings is 3. The monoisotopic (exact) mass is 526 g/mol. The predicted octanol–water partition coefficient (Wildman–Crippen LogP) is 6.14. The highest BCUT2D eigenvalue weighted by Gasteiger charge is 2.47. The first-order chi connectivity index (χ1) is 18.5. The van der Waals surface area contributed by atoms with Crippen molar-refractivity contribution in [1.29, 1.82) is 0 Å². The van der Waals surface area contributed by atoms with E-state index >= 15 is 0 Å². The summed E-state index contributed by atoms with van der Waals surface area (Å²) in [6.45, 7) is 9.57. The third kappa shape index (κ3) is 5.43. The number of amides is 2. The number of hydrogen-bond donors (Lipinski definition) is 2. The number of rotatable bonds is 6. The molecule has 1 aliphatic heterocycles. The van der Waals surface area contributed by atoms with Gasteiger partial charge < -0.3 is 15.2 Å². The molecule has 0 radical (unpaired) electrons. The number of aryl methyl sites for hydroxylation is 1. The number of nitrogens with zero attached hydrogens (tertiary/aromatic N) is 1. The molecule has 2 N–H and O–H groups in total. The average molecular weight is 527 g/mol. The van der Waals surface area contributed by atoms with Crippen LogP contribution in [0, 0.1) is 0 Å². The van der Waals surface area contributed by atoms with Crippen molar-refractivity contribution in [1.82, 2.24) is 0 Å². The number of nitrogens with one attached hydrogen (secondary N) is 1. The van der Waals surface area contributed by atoms with Crippen LogP contribution in [0.15, 0.2) is 72.3 Å². The van der Waals surface area contributed by atoms with Gasteiger partial charge in [0.05, 0.1) is 18.7 Å². The van der Waals surface area contributed by atoms with Crippen LogP contribution in [0.5, 0.6) is 5.75 Å². The highest BCUT2D eigenvalue weighted by Crippen LogP contribution is 2.43. The number of anilines is 2. The second-order valence-electron chi connectivity index (χ2n) is 10.7. The summed E-state index contributed by atoms with van der Waals surface area (Å²) in [6.07, 6.45) is 0.840. The zero-order valence-electron chi connectivity index (χ0n) is 23.2. The normalized spacial score (nSPS) is 16.9. The molecule has 0 aromatic heterocycles. The molecule has 202 valence electrons. The van der Waals surface area contributed by atoms with Gasteiger partial charge in [-0.05, 0) is 65.4 Å². The quantitative estimate of drug-likeness (QED) is 0.229. The Hall–Kier alpha value is -4.39. The smallest absolute Gasteiger partial charge is 0.300 e. The summed E-state index contributed by atoms with van der Waals surface area (Å²) in [5, 5.41) is 14.3. The fourth-order valence-corrected chi connectivity index (χ4v) is 4.86. The summed E-state index contributed by atoms with van der Waals surface area (Å²) >= 11 is 0. The first-order valence-electron chi connectivity index (χ1n) is 12.9. The van der Waals surface area contributed by atoms with Crippen LogP contribution in [0.2, 0.25) is 0 Å². The van der Waals surface area contributed by atoms with Gasteiger partial charge in [-0.15, -0.1) is 0 Å². The Morgan fingerprint density at radius 2 is 1.64 bits per heavy atom. The largest absolute Gasteiger partial charge is 0.507 e. The lowest BCUT2D eigenvalue weighted by Crippen LogP contribution is -2.29. The van der Waals surface area contributed by atoms with E-state index < -0.39 is 17.7 Å². The molecule has 0 bridgehead atoms. The Balaban J connectivity index is 1.91. The molecule has 0 spiro atoms. The Morgan fingerprint density at radius 3 is 2.18 bits per heavy atom. The molecular formula is C32H34N2O5. The highest BCUT2D eigenvalue weighted by molar-refractivity contribution is 6.51. The molecule has 1 saturated heterocycles. The summed E-state index contributed by atoms with van der Waals surface area (Å²) in [5.74, 6) is -1.30. The SMILES string of the molecule is CCc1ccc(C2/C(=C(/O)c3ccc(OC)c(C(C)(C)C)c3)C(=O)C(=O)N2c2ccc(NC(C)=O)cc2)cc1. The van der Waals surface area contributed by atoms with Gasteiger partial charge in [0, 0.05) is 29.4 Å². The summed E-state index contributed by atoms with van der Waals surface area (Å²) in [6, 6.07) is 18.8. The van der Waals surface area contributed by atoms with Gasteiger partial charge in [-0.1, -0.05) is 52.0 Å². The summed E-state index contributed by atoms with van der Waals surface area (Å²) in [5.41, 5.74) is 3.86. The minimum absolute atomic E-state index is 0.0141. The molecule has 4 rings (SSSR count). The molecule has 3 aromatic rings. The number of aliphatic hydroxyl groups excluding tert-OH is 1. The van der Waals surface area contributed by atoms with Crippen molar-refractivity contribution in [2.75, 3.05) is 17.3 Å². The molecule has 3 aromatic carbocycles. The van der Waals surface area contributed by atoms with E-state index in [1.54, 1.807) is 49.6 Å². The van der Waals surface area contributed by atoms with E-state index in [-0.39, 0.29) is 22.7 Å². The molecule has 7 nitrogen and oxygen atoms in total. The number of methoxy groups -OCH3 is 1. The topological polar surface area (TPSA) is 95.9 Å². The van der Waals surface area contributed by atoms with Gasteiger partial charge in [0.25, 0.3) is 11.7 Å². The molecule has 0 aliphatic carbocycles. The van der Waals surface area contributed by atoms with Crippen LogP contribution >= 0.6 is 0 Å². The van der Waals surface area contributed by atoms with Crippen molar-refractivity contribution in [2.24, 2.45) is 0 Å². The van der Waals surface area contributed by atoms with Crippen LogP contribution in [0.1, 0.15) is 62.9 Å². The van der Waals surface area contributed by atoms with Crippen molar-refractivity contribution < 1.29 is 24.2 Å². The maximum atomic E-state index is 13.5. The maximum Gasteiger partial charge on any atom is 0.300 e. The van der Waals surface area contributed by atoms with Crippen molar-refractivity contribution in [2.45, 2.75) is 52.5 Å².